The highest BCUT2D eigenvalue weighted by molar-refractivity contribution is 6.20. The zero-order valence-corrected chi connectivity index (χ0v) is 17.9. The van der Waals surface area contributed by atoms with Gasteiger partial charge in [0, 0.05) is 24.5 Å². The molecule has 6 nitrogen and oxygen atoms in total. The van der Waals surface area contributed by atoms with E-state index in [4.69, 9.17) is 16.3 Å². The number of benzene rings is 1. The van der Waals surface area contributed by atoms with Gasteiger partial charge in [-0.15, -0.1) is 0 Å². The molecule has 7 heteroatoms. The zero-order valence-electron chi connectivity index (χ0n) is 17.1. The lowest BCUT2D eigenvalue weighted by Crippen LogP contribution is -2.28. The van der Waals surface area contributed by atoms with E-state index in [1.165, 1.54) is 0 Å². The summed E-state index contributed by atoms with van der Waals surface area (Å²) in [5, 5.41) is 5.63. The van der Waals surface area contributed by atoms with Gasteiger partial charge in [0.1, 0.15) is 5.69 Å². The molecule has 1 heterocycles. The maximum absolute atomic E-state index is 12.8. The van der Waals surface area contributed by atoms with Gasteiger partial charge in [-0.1, -0.05) is 44.0 Å². The van der Waals surface area contributed by atoms with E-state index in [-0.39, 0.29) is 17.2 Å². The van der Waals surface area contributed by atoms with Crippen molar-refractivity contribution >= 4 is 29.1 Å². The standard InChI is InChI=1S/C22H28ClN3O3/c1-4-6-12-24-22(28)19-18(11-10-15(3)25-19)21(27)26-17-9-7-8-16(14-17)20(23)29-13-5-2/h7-11,14,20H,4-6,12-13H2,1-3H3,(H,24,28)(H,26,27). The molecule has 0 aliphatic heterocycles. The fraction of sp³-hybridized carbons (Fsp3) is 0.409. The van der Waals surface area contributed by atoms with Gasteiger partial charge in [-0.3, -0.25) is 9.59 Å². The number of hydrogen-bond acceptors (Lipinski definition) is 4. The lowest BCUT2D eigenvalue weighted by Gasteiger charge is -2.14. The van der Waals surface area contributed by atoms with Gasteiger partial charge in [0.25, 0.3) is 11.8 Å². The van der Waals surface area contributed by atoms with Gasteiger partial charge in [-0.2, -0.15) is 0 Å². The molecule has 1 aromatic carbocycles. The Kier molecular flexibility index (Phi) is 9.09. The molecule has 0 spiro atoms. The van der Waals surface area contributed by atoms with Gasteiger partial charge in [-0.25, -0.2) is 4.98 Å². The van der Waals surface area contributed by atoms with Gasteiger partial charge < -0.3 is 15.4 Å². The number of nitrogens with zero attached hydrogens (tertiary/aromatic N) is 1. The lowest BCUT2D eigenvalue weighted by atomic mass is 10.1. The van der Waals surface area contributed by atoms with Crippen LogP contribution in [0.4, 0.5) is 5.69 Å². The number of hydrogen-bond donors (Lipinski definition) is 2. The number of nitrogens with one attached hydrogen (secondary N) is 2. The number of rotatable bonds is 10. The van der Waals surface area contributed by atoms with Crippen LogP contribution in [0.1, 0.15) is 70.8 Å². The number of amides is 2. The van der Waals surface area contributed by atoms with Crippen LogP contribution in [0.3, 0.4) is 0 Å². The summed E-state index contributed by atoms with van der Waals surface area (Å²) in [6, 6.07) is 10.5. The molecule has 2 aromatic rings. The third kappa shape index (κ3) is 6.84. The Balaban J connectivity index is 2.17. The van der Waals surface area contributed by atoms with Crippen LogP contribution >= 0.6 is 11.6 Å². The Morgan fingerprint density at radius 2 is 1.93 bits per heavy atom. The van der Waals surface area contributed by atoms with Crippen molar-refractivity contribution in [2.45, 2.75) is 45.6 Å². The number of pyridine rings is 1. The minimum atomic E-state index is -0.590. The minimum Gasteiger partial charge on any atom is -0.358 e. The average Bonchev–Trinajstić information content (AvgIpc) is 2.72. The monoisotopic (exact) mass is 417 g/mol. The zero-order chi connectivity index (χ0) is 21.2. The van der Waals surface area contributed by atoms with Crippen molar-refractivity contribution in [3.05, 3.63) is 58.9 Å². The molecule has 0 fully saturated rings. The number of unbranched alkanes of at least 4 members (excludes halogenated alkanes) is 1. The second-order valence-corrected chi connectivity index (χ2v) is 7.12. The van der Waals surface area contributed by atoms with Gasteiger partial charge in [0.05, 0.1) is 5.56 Å². The van der Waals surface area contributed by atoms with E-state index in [1.54, 1.807) is 37.3 Å². The van der Waals surface area contributed by atoms with Crippen LogP contribution in [-0.2, 0) is 4.74 Å². The third-order valence-electron chi connectivity index (χ3n) is 4.18. The minimum absolute atomic E-state index is 0.122. The molecule has 1 aromatic heterocycles. The summed E-state index contributed by atoms with van der Waals surface area (Å²) in [6.07, 6.45) is 2.70. The SMILES string of the molecule is CCCCNC(=O)c1nc(C)ccc1C(=O)Nc1cccc(C(Cl)OCCC)c1. The Labute approximate surface area is 177 Å². The quantitative estimate of drug-likeness (QED) is 0.428. The van der Waals surface area contributed by atoms with Gasteiger partial charge in [-0.05, 0) is 49.6 Å². The highest BCUT2D eigenvalue weighted by Gasteiger charge is 2.19. The molecule has 0 saturated carbocycles. The summed E-state index contributed by atoms with van der Waals surface area (Å²) in [5.74, 6) is -0.759. The van der Waals surface area contributed by atoms with E-state index in [9.17, 15) is 9.59 Å². The normalized spacial score (nSPS) is 11.7. The summed E-state index contributed by atoms with van der Waals surface area (Å²) in [7, 11) is 0. The Morgan fingerprint density at radius 1 is 1.14 bits per heavy atom. The van der Waals surface area contributed by atoms with Crippen molar-refractivity contribution in [3.63, 3.8) is 0 Å². The van der Waals surface area contributed by atoms with Gasteiger partial charge in [0.2, 0.25) is 0 Å². The van der Waals surface area contributed by atoms with Crippen LogP contribution in [0.2, 0.25) is 0 Å². The third-order valence-corrected chi connectivity index (χ3v) is 4.56. The smallest absolute Gasteiger partial charge is 0.270 e. The molecule has 2 rings (SSSR count). The van der Waals surface area contributed by atoms with Crippen molar-refractivity contribution in [2.75, 3.05) is 18.5 Å². The first-order valence-corrected chi connectivity index (χ1v) is 10.3. The molecule has 0 radical (unpaired) electrons. The number of anilines is 1. The summed E-state index contributed by atoms with van der Waals surface area (Å²) in [4.78, 5) is 29.6. The summed E-state index contributed by atoms with van der Waals surface area (Å²) in [6.45, 7) is 6.93. The average molecular weight is 418 g/mol. The fourth-order valence-electron chi connectivity index (χ4n) is 2.65. The maximum Gasteiger partial charge on any atom is 0.270 e. The highest BCUT2D eigenvalue weighted by Crippen LogP contribution is 2.25. The second kappa shape index (κ2) is 11.5. The van der Waals surface area contributed by atoms with E-state index in [1.807, 2.05) is 19.9 Å². The van der Waals surface area contributed by atoms with E-state index >= 15 is 0 Å². The van der Waals surface area contributed by atoms with Crippen LogP contribution in [0, 0.1) is 6.92 Å². The van der Waals surface area contributed by atoms with Crippen molar-refractivity contribution in [3.8, 4) is 0 Å². The molecule has 2 N–H and O–H groups in total. The van der Waals surface area contributed by atoms with Crippen LogP contribution in [0.15, 0.2) is 36.4 Å². The molecule has 0 aliphatic rings. The second-order valence-electron chi connectivity index (χ2n) is 6.72. The largest absolute Gasteiger partial charge is 0.358 e. The van der Waals surface area contributed by atoms with Crippen molar-refractivity contribution in [2.24, 2.45) is 0 Å². The Morgan fingerprint density at radius 3 is 2.66 bits per heavy atom. The molecule has 1 atom stereocenters. The van der Waals surface area contributed by atoms with Crippen molar-refractivity contribution < 1.29 is 14.3 Å². The summed E-state index contributed by atoms with van der Waals surface area (Å²) < 4.78 is 5.52. The maximum atomic E-state index is 12.8. The number of ether oxygens (including phenoxy) is 1. The Hall–Kier alpha value is -2.44. The van der Waals surface area contributed by atoms with Gasteiger partial charge >= 0.3 is 0 Å². The van der Waals surface area contributed by atoms with Crippen molar-refractivity contribution in [1.82, 2.24) is 10.3 Å². The first-order valence-electron chi connectivity index (χ1n) is 9.89. The molecule has 156 valence electrons. The van der Waals surface area contributed by atoms with E-state index < -0.39 is 11.5 Å². The predicted octanol–water partition coefficient (Wildman–Crippen LogP) is 4.84. The van der Waals surface area contributed by atoms with Crippen LogP contribution in [0.25, 0.3) is 0 Å². The van der Waals surface area contributed by atoms with Crippen molar-refractivity contribution in [1.29, 1.82) is 0 Å². The van der Waals surface area contributed by atoms with Crippen LogP contribution in [0.5, 0.6) is 0 Å². The van der Waals surface area contributed by atoms with Crippen LogP contribution < -0.4 is 10.6 Å². The van der Waals surface area contributed by atoms with Crippen LogP contribution in [-0.4, -0.2) is 29.9 Å². The van der Waals surface area contributed by atoms with Gasteiger partial charge in [0.15, 0.2) is 5.56 Å². The topological polar surface area (TPSA) is 80.3 Å². The first kappa shape index (κ1) is 22.8. The number of aryl methyl sites for hydroxylation is 1. The molecule has 0 saturated heterocycles. The summed E-state index contributed by atoms with van der Waals surface area (Å²) >= 11 is 6.26. The number of halogens is 1. The number of aromatic nitrogens is 1. The number of carbonyl (C=O) groups excluding carboxylic acids is 2. The first-order chi connectivity index (χ1) is 14.0. The molecular formula is C22H28ClN3O3. The van der Waals surface area contributed by atoms with E-state index in [0.717, 1.165) is 24.8 Å². The molecule has 29 heavy (non-hydrogen) atoms. The fourth-order valence-corrected chi connectivity index (χ4v) is 2.87. The predicted molar refractivity (Wildman–Crippen MR) is 115 cm³/mol. The lowest BCUT2D eigenvalue weighted by molar-refractivity contribution is 0.0934. The molecule has 2 amide bonds. The molecular weight excluding hydrogens is 390 g/mol. The number of carbonyl (C=O) groups is 2. The molecule has 0 aliphatic carbocycles. The molecule has 0 bridgehead atoms. The molecule has 1 unspecified atom stereocenters. The highest BCUT2D eigenvalue weighted by atomic mass is 35.5. The van der Waals surface area contributed by atoms with E-state index in [2.05, 4.69) is 15.6 Å². The van der Waals surface area contributed by atoms with E-state index in [0.29, 0.717) is 24.5 Å². The Bertz CT molecular complexity index is 842. The number of alkyl halides is 1. The summed E-state index contributed by atoms with van der Waals surface area (Å²) in [5.41, 5.74) is 1.74.